The normalized spacial score (nSPS) is 11.2. The number of aryl methyl sites for hydroxylation is 1. The molecule has 0 aliphatic rings. The topological polar surface area (TPSA) is 71.9 Å². The summed E-state index contributed by atoms with van der Waals surface area (Å²) in [6.45, 7) is -0.506. The number of rotatable bonds is 5. The first-order valence-electron chi connectivity index (χ1n) is 8.20. The average molecular weight is 352 g/mol. The van der Waals surface area contributed by atoms with Gasteiger partial charge in [-0.3, -0.25) is 4.79 Å². The zero-order chi connectivity index (χ0) is 18.1. The van der Waals surface area contributed by atoms with E-state index < -0.39 is 6.67 Å². The number of pyridine rings is 2. The molecule has 0 radical (unpaired) electrons. The summed E-state index contributed by atoms with van der Waals surface area (Å²) in [5.41, 5.74) is 2.19. The number of aromatic amines is 1. The molecule has 4 rings (SSSR count). The zero-order valence-corrected chi connectivity index (χ0v) is 14.1. The Bertz CT molecular complexity index is 1150. The molecule has 0 spiro atoms. The maximum Gasteiger partial charge on any atom is 0.258 e. The molecule has 0 bridgehead atoms. The third kappa shape index (κ3) is 2.77. The number of aromatic nitrogens is 3. The predicted molar refractivity (Wildman–Crippen MR) is 100 cm³/mol. The number of alkyl halides is 1. The van der Waals surface area contributed by atoms with Crippen LogP contribution in [-0.2, 0) is 7.05 Å². The van der Waals surface area contributed by atoms with Gasteiger partial charge in [0.25, 0.3) is 5.56 Å². The van der Waals surface area contributed by atoms with Crippen LogP contribution in [-0.4, -0.2) is 27.8 Å². The van der Waals surface area contributed by atoms with E-state index in [4.69, 9.17) is 4.74 Å². The summed E-state index contributed by atoms with van der Waals surface area (Å²) in [7, 11) is 1.88. The van der Waals surface area contributed by atoms with Gasteiger partial charge in [-0.25, -0.2) is 9.37 Å². The second-order valence-electron chi connectivity index (χ2n) is 5.88. The molecule has 3 heterocycles. The summed E-state index contributed by atoms with van der Waals surface area (Å²) < 4.78 is 19.4. The van der Waals surface area contributed by atoms with E-state index in [-0.39, 0.29) is 12.2 Å². The van der Waals surface area contributed by atoms with Gasteiger partial charge >= 0.3 is 0 Å². The Labute approximate surface area is 148 Å². The fraction of sp³-hybridized carbons (Fsp3) is 0.158. The van der Waals surface area contributed by atoms with E-state index in [1.54, 1.807) is 18.3 Å². The summed E-state index contributed by atoms with van der Waals surface area (Å²) in [6, 6.07) is 12.8. The van der Waals surface area contributed by atoms with Gasteiger partial charge in [-0.15, -0.1) is 0 Å². The lowest BCUT2D eigenvalue weighted by atomic mass is 10.2. The summed E-state index contributed by atoms with van der Waals surface area (Å²) >= 11 is 0. The summed E-state index contributed by atoms with van der Waals surface area (Å²) in [4.78, 5) is 19.5. The molecule has 0 saturated carbocycles. The minimum Gasteiger partial charge on any atom is -0.491 e. The molecule has 1 aromatic carbocycles. The van der Waals surface area contributed by atoms with Crippen LogP contribution >= 0.6 is 0 Å². The van der Waals surface area contributed by atoms with Crippen molar-refractivity contribution in [3.05, 3.63) is 59.0 Å². The number of halogens is 1. The number of hydrogen-bond donors (Lipinski definition) is 2. The predicted octanol–water partition coefficient (Wildman–Crippen LogP) is 3.51. The van der Waals surface area contributed by atoms with Gasteiger partial charge < -0.3 is 19.6 Å². The Hall–Kier alpha value is -3.35. The molecule has 0 aliphatic heterocycles. The molecule has 0 amide bonds. The lowest BCUT2D eigenvalue weighted by molar-refractivity contribution is 0.273. The average Bonchev–Trinajstić information content (AvgIpc) is 2.94. The van der Waals surface area contributed by atoms with Gasteiger partial charge in [0, 0.05) is 30.4 Å². The summed E-state index contributed by atoms with van der Waals surface area (Å²) in [5, 5.41) is 4.65. The van der Waals surface area contributed by atoms with Crippen molar-refractivity contribution in [3.8, 4) is 5.75 Å². The number of H-pyrrole nitrogens is 1. The van der Waals surface area contributed by atoms with Gasteiger partial charge in [0.1, 0.15) is 30.5 Å². The van der Waals surface area contributed by atoms with E-state index >= 15 is 0 Å². The van der Waals surface area contributed by atoms with Crippen molar-refractivity contribution in [3.63, 3.8) is 0 Å². The van der Waals surface area contributed by atoms with Crippen LogP contribution in [0.3, 0.4) is 0 Å². The fourth-order valence-electron chi connectivity index (χ4n) is 3.06. The van der Waals surface area contributed by atoms with Crippen LogP contribution in [0.15, 0.2) is 53.5 Å². The molecular weight excluding hydrogens is 335 g/mol. The van der Waals surface area contributed by atoms with E-state index in [1.165, 1.54) is 0 Å². The van der Waals surface area contributed by atoms with Gasteiger partial charge in [-0.2, -0.15) is 0 Å². The first-order valence-corrected chi connectivity index (χ1v) is 8.20. The van der Waals surface area contributed by atoms with Crippen molar-refractivity contribution in [1.29, 1.82) is 0 Å². The van der Waals surface area contributed by atoms with Crippen LogP contribution in [0.2, 0.25) is 0 Å². The molecule has 0 fully saturated rings. The maximum absolute atomic E-state index is 12.3. The first-order chi connectivity index (χ1) is 12.7. The minimum absolute atomic E-state index is 0.0259. The molecule has 132 valence electrons. The highest BCUT2D eigenvalue weighted by Crippen LogP contribution is 2.27. The lowest BCUT2D eigenvalue weighted by Crippen LogP contribution is -2.03. The van der Waals surface area contributed by atoms with Gasteiger partial charge in [-0.1, -0.05) is 6.07 Å². The fourth-order valence-corrected chi connectivity index (χ4v) is 3.06. The zero-order valence-electron chi connectivity index (χ0n) is 14.1. The molecule has 6 nitrogen and oxygen atoms in total. The second-order valence-corrected chi connectivity index (χ2v) is 5.88. The van der Waals surface area contributed by atoms with Crippen LogP contribution in [0.25, 0.3) is 21.9 Å². The minimum atomic E-state index is -0.532. The summed E-state index contributed by atoms with van der Waals surface area (Å²) in [6.07, 6.45) is 1.63. The van der Waals surface area contributed by atoms with Crippen LogP contribution < -0.4 is 15.6 Å². The Balaban J connectivity index is 1.72. The molecule has 3 aromatic heterocycles. The first kappa shape index (κ1) is 16.1. The van der Waals surface area contributed by atoms with Crippen LogP contribution in [0, 0.1) is 0 Å². The van der Waals surface area contributed by atoms with E-state index in [9.17, 15) is 9.18 Å². The molecule has 0 unspecified atom stereocenters. The van der Waals surface area contributed by atoms with E-state index in [1.807, 2.05) is 41.9 Å². The van der Waals surface area contributed by atoms with E-state index in [0.717, 1.165) is 16.6 Å². The van der Waals surface area contributed by atoms with Crippen molar-refractivity contribution >= 4 is 33.4 Å². The number of nitrogens with zero attached hydrogens (tertiary/aromatic N) is 2. The molecule has 2 N–H and O–H groups in total. The monoisotopic (exact) mass is 352 g/mol. The van der Waals surface area contributed by atoms with Gasteiger partial charge in [0.05, 0.1) is 10.9 Å². The largest absolute Gasteiger partial charge is 0.491 e. The van der Waals surface area contributed by atoms with Gasteiger partial charge in [0.2, 0.25) is 0 Å². The smallest absolute Gasteiger partial charge is 0.258 e. The molecule has 0 atom stereocenters. The quantitative estimate of drug-likeness (QED) is 0.577. The van der Waals surface area contributed by atoms with Crippen molar-refractivity contribution in [2.24, 2.45) is 7.05 Å². The Kier molecular flexibility index (Phi) is 4.04. The Morgan fingerprint density at radius 1 is 1.27 bits per heavy atom. The summed E-state index contributed by atoms with van der Waals surface area (Å²) in [5.74, 6) is 1.23. The molecule has 0 aliphatic carbocycles. The van der Waals surface area contributed by atoms with Crippen LogP contribution in [0.4, 0.5) is 15.9 Å². The maximum atomic E-state index is 12.3. The molecular formula is C19H17FN4O2. The SMILES string of the molecule is Cn1c2cc[nH]c(=O)c2c2ccc(Nc3cccc(OCCF)c3)nc21. The molecule has 4 aromatic rings. The molecule has 26 heavy (non-hydrogen) atoms. The van der Waals surface area contributed by atoms with E-state index in [2.05, 4.69) is 15.3 Å². The number of fused-ring (bicyclic) bond motifs is 3. The van der Waals surface area contributed by atoms with Crippen molar-refractivity contribution < 1.29 is 9.13 Å². The van der Waals surface area contributed by atoms with Gasteiger partial charge in [-0.05, 0) is 30.3 Å². The van der Waals surface area contributed by atoms with Crippen LogP contribution in [0.5, 0.6) is 5.75 Å². The van der Waals surface area contributed by atoms with E-state index in [0.29, 0.717) is 22.6 Å². The highest BCUT2D eigenvalue weighted by molar-refractivity contribution is 6.06. The standard InChI is InChI=1S/C19H17FN4O2/c1-24-15-7-9-21-19(25)17(15)14-5-6-16(23-18(14)24)22-12-3-2-4-13(11-12)26-10-8-20/h2-7,9,11H,8,10H2,1H3,(H,21,25)(H,22,23). The van der Waals surface area contributed by atoms with Crippen molar-refractivity contribution in [2.45, 2.75) is 0 Å². The number of benzene rings is 1. The highest BCUT2D eigenvalue weighted by Gasteiger charge is 2.12. The van der Waals surface area contributed by atoms with Crippen molar-refractivity contribution in [1.82, 2.24) is 14.5 Å². The lowest BCUT2D eigenvalue weighted by Gasteiger charge is -2.09. The number of anilines is 2. The molecule has 0 saturated heterocycles. The van der Waals surface area contributed by atoms with Crippen molar-refractivity contribution in [2.75, 3.05) is 18.6 Å². The number of ether oxygens (including phenoxy) is 1. The Morgan fingerprint density at radius 3 is 3.00 bits per heavy atom. The third-order valence-corrected chi connectivity index (χ3v) is 4.21. The Morgan fingerprint density at radius 2 is 2.15 bits per heavy atom. The third-order valence-electron chi connectivity index (χ3n) is 4.21. The van der Waals surface area contributed by atoms with Gasteiger partial charge in [0.15, 0.2) is 0 Å². The highest BCUT2D eigenvalue weighted by atomic mass is 19.1. The number of nitrogens with one attached hydrogen (secondary N) is 2. The molecule has 7 heteroatoms. The van der Waals surface area contributed by atoms with Crippen LogP contribution in [0.1, 0.15) is 0 Å². The number of hydrogen-bond acceptors (Lipinski definition) is 4. The second kappa shape index (κ2) is 6.51.